The van der Waals surface area contributed by atoms with E-state index in [1.165, 1.54) is 50.9 Å². The fourth-order valence-electron chi connectivity index (χ4n) is 10.7. The maximum Gasteiger partial charge on any atom is 0.0654 e. The molecule has 0 aromatic heterocycles. The molecule has 2 N–H and O–H groups in total. The molecule has 0 heterocycles. The van der Waals surface area contributed by atoms with Gasteiger partial charge in [-0.15, -0.1) is 0 Å². The summed E-state index contributed by atoms with van der Waals surface area (Å²) in [6.45, 7) is 21.6. The van der Waals surface area contributed by atoms with Crippen molar-refractivity contribution in [3.63, 3.8) is 0 Å². The summed E-state index contributed by atoms with van der Waals surface area (Å²) in [7, 11) is 31.4. The Morgan fingerprint density at radius 1 is 0.685 bits per heavy atom. The van der Waals surface area contributed by atoms with E-state index >= 15 is 0 Å². The van der Waals surface area contributed by atoms with Gasteiger partial charge in [0.1, 0.15) is 0 Å². The van der Waals surface area contributed by atoms with Gasteiger partial charge in [0.2, 0.25) is 0 Å². The van der Waals surface area contributed by atoms with Crippen molar-refractivity contribution in [1.29, 1.82) is 0 Å². The summed E-state index contributed by atoms with van der Waals surface area (Å²) < 4.78 is 0. The van der Waals surface area contributed by atoms with E-state index in [2.05, 4.69) is 91.7 Å². The summed E-state index contributed by atoms with van der Waals surface area (Å²) in [6, 6.07) is 0. The summed E-state index contributed by atoms with van der Waals surface area (Å²) in [4.78, 5) is 0. The van der Waals surface area contributed by atoms with Gasteiger partial charge >= 0.3 is 0 Å². The fourth-order valence-corrected chi connectivity index (χ4v) is 55.1. The highest BCUT2D eigenvalue weighted by Crippen LogP contribution is 2.76. The molecule has 0 saturated heterocycles. The second kappa shape index (κ2) is 28.0. The molecular formula is C32H60O2S20. The first-order chi connectivity index (χ1) is 25.0. The maximum atomic E-state index is 11.8. The van der Waals surface area contributed by atoms with Gasteiger partial charge in [0.25, 0.3) is 0 Å². The van der Waals surface area contributed by atoms with Crippen LogP contribution in [0.1, 0.15) is 128 Å². The van der Waals surface area contributed by atoms with Gasteiger partial charge in [-0.1, -0.05) is 83.9 Å². The van der Waals surface area contributed by atoms with Crippen LogP contribution in [0.25, 0.3) is 0 Å². The molecule has 0 aromatic rings. The van der Waals surface area contributed by atoms with Gasteiger partial charge in [-0.2, -0.15) is 0 Å². The van der Waals surface area contributed by atoms with Crippen LogP contribution in [0.3, 0.4) is 0 Å². The van der Waals surface area contributed by atoms with Crippen LogP contribution in [-0.2, 0) is 0 Å². The third-order valence-electron chi connectivity index (χ3n) is 13.4. The van der Waals surface area contributed by atoms with E-state index in [0.717, 1.165) is 43.9 Å². The largest absolute Gasteiger partial charge is 0.393 e. The minimum Gasteiger partial charge on any atom is -0.393 e. The number of hydrogen-bond acceptors (Lipinski definition) is 22. The molecule has 4 rings (SSSR count). The predicted molar refractivity (Wildman–Crippen MR) is 300 cm³/mol. The second-order valence-electron chi connectivity index (χ2n) is 16.1. The monoisotopic (exact) mass is 1120 g/mol. The lowest BCUT2D eigenvalue weighted by atomic mass is 9.34. The molecule has 4 saturated carbocycles. The zero-order valence-electron chi connectivity index (χ0n) is 31.5. The van der Waals surface area contributed by atoms with Gasteiger partial charge in [0, 0.05) is 19.7 Å². The Morgan fingerprint density at radius 2 is 1.13 bits per heavy atom. The van der Waals surface area contributed by atoms with Crippen LogP contribution < -0.4 is 0 Å². The van der Waals surface area contributed by atoms with Crippen molar-refractivity contribution < 1.29 is 10.2 Å². The molecule has 10 atom stereocenters. The van der Waals surface area contributed by atoms with Crippen LogP contribution in [0.15, 0.2) is 11.6 Å². The van der Waals surface area contributed by atoms with E-state index < -0.39 is 5.60 Å². The zero-order valence-corrected chi connectivity index (χ0v) is 48.0. The standard InChI is InChI=1S/C31H54O2.CH4.H2S20/c1-20(2)11-10-15-31(9,33)22-13-17-30(8)26(22)23(32)19-25-28(6)16-12-21(3)27(4,5)24(28)14-18-29(25,30)7;;1-3-5-7-9-11-13-15-17-19-20-18-16-14-12-10-8-6-4-2/h11,21-26,32-33H,10,12-19H2,1-9H3;1H4;1-2H/t21?,22?,23?,24?,25?,26?,28?,29?,30-,31+;;/m1../s1. The Bertz CT molecular complexity index is 1080. The first kappa shape index (κ1) is 56.8. The smallest absolute Gasteiger partial charge is 0.0654 e. The SMILES string of the molecule is C.CC(C)=CCC[C@](C)(O)C1CC[C@]2(C)C1C(O)CC1C3(C)CCC(C)C(C)(C)C3CCC12C.SSSSSSSSSSSSSSSSSSSS. The summed E-state index contributed by atoms with van der Waals surface area (Å²) in [5.41, 5.74) is 1.68. The average molecular weight is 1120 g/mol. The van der Waals surface area contributed by atoms with Crippen LogP contribution in [0, 0.1) is 51.2 Å². The topological polar surface area (TPSA) is 40.5 Å². The van der Waals surface area contributed by atoms with Crippen LogP contribution in [0.4, 0.5) is 0 Å². The van der Waals surface area contributed by atoms with Gasteiger partial charge in [0.05, 0.1) is 11.7 Å². The molecule has 54 heavy (non-hydrogen) atoms. The lowest BCUT2D eigenvalue weighted by Gasteiger charge is -2.70. The summed E-state index contributed by atoms with van der Waals surface area (Å²) in [6.07, 6.45) is 12.1. The van der Waals surface area contributed by atoms with Crippen molar-refractivity contribution in [2.45, 2.75) is 139 Å². The molecule has 0 bridgehead atoms. The third kappa shape index (κ3) is 15.6. The van der Waals surface area contributed by atoms with Crippen molar-refractivity contribution in [3.8, 4) is 0 Å². The first-order valence-corrected chi connectivity index (χ1v) is 42.9. The van der Waals surface area contributed by atoms with Crippen molar-refractivity contribution >= 4 is 200 Å². The minimum atomic E-state index is -0.706. The Morgan fingerprint density at radius 3 is 1.57 bits per heavy atom. The van der Waals surface area contributed by atoms with Gasteiger partial charge in [-0.25, -0.2) is 0 Å². The van der Waals surface area contributed by atoms with Crippen LogP contribution in [-0.4, -0.2) is 21.9 Å². The number of thiol groups is 2. The van der Waals surface area contributed by atoms with Gasteiger partial charge < -0.3 is 10.2 Å². The van der Waals surface area contributed by atoms with Crippen molar-refractivity contribution in [2.24, 2.45) is 51.2 Å². The Hall–Kier alpha value is 6.66. The van der Waals surface area contributed by atoms with Crippen molar-refractivity contribution in [3.05, 3.63) is 11.6 Å². The number of hydrogen-bond donors (Lipinski definition) is 4. The maximum absolute atomic E-state index is 11.8. The van der Waals surface area contributed by atoms with Crippen LogP contribution >= 0.6 is 200 Å². The van der Waals surface area contributed by atoms with Gasteiger partial charge in [-0.05, 0) is 287 Å². The number of rotatable bonds is 21. The highest BCUT2D eigenvalue weighted by atomic mass is 34.1. The van der Waals surface area contributed by atoms with E-state index in [-0.39, 0.29) is 36.2 Å². The molecule has 4 aliphatic carbocycles. The minimum absolute atomic E-state index is 0. The molecule has 0 aromatic carbocycles. The zero-order chi connectivity index (χ0) is 39.3. The highest BCUT2D eigenvalue weighted by Gasteiger charge is 2.71. The van der Waals surface area contributed by atoms with E-state index in [9.17, 15) is 10.2 Å². The van der Waals surface area contributed by atoms with E-state index in [1.807, 2.05) is 19.7 Å². The van der Waals surface area contributed by atoms with E-state index in [1.54, 1.807) is 138 Å². The number of aliphatic hydroxyl groups is 2. The predicted octanol–water partition coefficient (Wildman–Crippen LogP) is 20.8. The molecule has 0 amide bonds. The molecule has 320 valence electrons. The number of fused-ring (bicyclic) bond motifs is 5. The highest BCUT2D eigenvalue weighted by molar-refractivity contribution is 9.58. The van der Waals surface area contributed by atoms with Gasteiger partial charge in [0.15, 0.2) is 0 Å². The van der Waals surface area contributed by atoms with E-state index in [0.29, 0.717) is 16.7 Å². The molecule has 0 radical (unpaired) electrons. The molecule has 4 fully saturated rings. The fraction of sp³-hybridized carbons (Fsp3) is 0.938. The lowest BCUT2D eigenvalue weighted by molar-refractivity contribution is -0.240. The quantitative estimate of drug-likeness (QED) is 0.0381. The Kier molecular flexibility index (Phi) is 29.4. The molecule has 0 aliphatic heterocycles. The van der Waals surface area contributed by atoms with Crippen LogP contribution in [0.5, 0.6) is 0 Å². The van der Waals surface area contributed by atoms with Gasteiger partial charge in [-0.3, -0.25) is 0 Å². The molecule has 8 unspecified atom stereocenters. The van der Waals surface area contributed by atoms with Crippen molar-refractivity contribution in [2.75, 3.05) is 0 Å². The van der Waals surface area contributed by atoms with Crippen LogP contribution in [0.2, 0.25) is 0 Å². The lowest BCUT2D eigenvalue weighted by Crippen LogP contribution is -2.66. The molecule has 2 nitrogen and oxygen atoms in total. The Balaban J connectivity index is 0.000000417. The normalized spacial score (nSPS) is 35.0. The molecule has 22 heteroatoms. The summed E-state index contributed by atoms with van der Waals surface area (Å²) >= 11 is 8.09. The Labute approximate surface area is 406 Å². The average Bonchev–Trinajstić information content (AvgIpc) is 3.48. The summed E-state index contributed by atoms with van der Waals surface area (Å²) in [5.74, 6) is 2.54. The number of allylic oxidation sites excluding steroid dienone is 2. The molecule has 4 aliphatic rings. The van der Waals surface area contributed by atoms with E-state index in [4.69, 9.17) is 0 Å². The van der Waals surface area contributed by atoms with Crippen molar-refractivity contribution in [1.82, 2.24) is 0 Å². The number of aliphatic hydroxyl groups excluding tert-OH is 1. The third-order valence-corrected chi connectivity index (χ3v) is 51.6. The molecule has 0 spiro atoms. The first-order valence-electron chi connectivity index (χ1n) is 17.3. The second-order valence-corrected chi connectivity index (χ2v) is 48.3. The molecular weight excluding hydrogens is 1060 g/mol. The summed E-state index contributed by atoms with van der Waals surface area (Å²) in [5, 5.41) is 23.5.